The van der Waals surface area contributed by atoms with Crippen molar-refractivity contribution in [3.8, 4) is 0 Å². The zero-order valence-electron chi connectivity index (χ0n) is 6.65. The summed E-state index contributed by atoms with van der Waals surface area (Å²) in [5, 5.41) is 11.7. The summed E-state index contributed by atoms with van der Waals surface area (Å²) in [4.78, 5) is 9.83. The predicted octanol–water partition coefficient (Wildman–Crippen LogP) is -0.0387. The van der Waals surface area contributed by atoms with E-state index in [-0.39, 0.29) is 13.1 Å². The third-order valence-corrected chi connectivity index (χ3v) is 1.87. The minimum absolute atomic E-state index is 0.00910. The van der Waals surface area contributed by atoms with Gasteiger partial charge in [0.15, 0.2) is 0 Å². The van der Waals surface area contributed by atoms with Gasteiger partial charge in [0.1, 0.15) is 0 Å². The molecule has 0 rings (SSSR count). The van der Waals surface area contributed by atoms with Crippen LogP contribution in [0.15, 0.2) is 0 Å². The summed E-state index contributed by atoms with van der Waals surface area (Å²) < 4.78 is 11.0. The Morgan fingerprint density at radius 2 is 2.18 bits per heavy atom. The first-order chi connectivity index (χ1) is 4.95. The predicted molar refractivity (Wildman–Crippen MR) is 42.0 cm³/mol. The van der Waals surface area contributed by atoms with E-state index >= 15 is 0 Å². The molecule has 66 valence electrons. The summed E-state index contributed by atoms with van der Waals surface area (Å²) in [5.74, 6) is 0. The molecule has 0 bridgehead atoms. The van der Waals surface area contributed by atoms with Crippen LogP contribution in [0.5, 0.6) is 0 Å². The van der Waals surface area contributed by atoms with Gasteiger partial charge in [-0.1, -0.05) is 0 Å². The maximum absolute atomic E-state index is 11.0. The summed E-state index contributed by atoms with van der Waals surface area (Å²) >= 11 is 0. The lowest BCUT2D eigenvalue weighted by Crippen LogP contribution is -2.30. The number of hydrogen-bond donors (Lipinski definition) is 2. The normalized spacial score (nSPS) is 11.2. The summed E-state index contributed by atoms with van der Waals surface area (Å²) in [6.45, 7) is 3.26. The molecule has 5 nitrogen and oxygen atoms in total. The van der Waals surface area contributed by atoms with Crippen LogP contribution in [-0.2, 0) is 9.36 Å². The number of hydroxylamine groups is 2. The zero-order valence-corrected chi connectivity index (χ0v) is 7.54. The quantitative estimate of drug-likeness (QED) is 0.205. The van der Waals surface area contributed by atoms with Gasteiger partial charge in [0.05, 0.1) is 20.1 Å². The van der Waals surface area contributed by atoms with E-state index in [2.05, 4.69) is 5.32 Å². The van der Waals surface area contributed by atoms with Crippen molar-refractivity contribution in [1.29, 1.82) is 0 Å². The highest BCUT2D eigenvalue weighted by molar-refractivity contribution is 7.62. The summed E-state index contributed by atoms with van der Waals surface area (Å²) in [6, 6.07) is 0. The van der Waals surface area contributed by atoms with Crippen molar-refractivity contribution in [2.75, 3.05) is 26.3 Å². The Labute approximate surface area is 65.7 Å². The number of rotatable bonds is 5. The first kappa shape index (κ1) is 10.6. The Morgan fingerprint density at radius 1 is 1.64 bits per heavy atom. The van der Waals surface area contributed by atoms with Crippen LogP contribution in [0.3, 0.4) is 0 Å². The molecular formula is C5H13N2O3P. The third kappa shape index (κ3) is 7.52. The molecule has 11 heavy (non-hydrogen) atoms. The van der Waals surface area contributed by atoms with E-state index in [0.29, 0.717) is 11.3 Å². The van der Waals surface area contributed by atoms with Gasteiger partial charge in [-0.3, -0.25) is 15.3 Å². The number of nitrogens with zero attached hydrogens (tertiary/aromatic N) is 1. The first-order valence-corrected chi connectivity index (χ1v) is 5.90. The molecule has 0 spiro atoms. The first-order valence-electron chi connectivity index (χ1n) is 3.11. The molecule has 0 aliphatic rings. The van der Waals surface area contributed by atoms with Gasteiger partial charge in [0.2, 0.25) is 6.41 Å². The number of hydrogen-bond acceptors (Lipinski definition) is 4. The minimum atomic E-state index is -2.10. The second kappa shape index (κ2) is 4.49. The molecule has 0 unspecified atom stereocenters. The average Bonchev–Trinajstić information content (AvgIpc) is 1.85. The van der Waals surface area contributed by atoms with Gasteiger partial charge in [-0.05, 0) is 13.3 Å². The molecule has 0 aromatic carbocycles. The van der Waals surface area contributed by atoms with Crippen molar-refractivity contribution in [3.05, 3.63) is 0 Å². The SMILES string of the molecule is CP(C)(=O)CNCN(O)C=O. The monoisotopic (exact) mass is 180 g/mol. The van der Waals surface area contributed by atoms with E-state index < -0.39 is 7.14 Å². The van der Waals surface area contributed by atoms with E-state index in [0.717, 1.165) is 0 Å². The number of carbonyl (C=O) groups is 1. The van der Waals surface area contributed by atoms with E-state index in [1.807, 2.05) is 0 Å². The smallest absolute Gasteiger partial charge is 0.234 e. The van der Waals surface area contributed by atoms with Crippen LogP contribution in [0.25, 0.3) is 0 Å². The van der Waals surface area contributed by atoms with Crippen LogP contribution in [-0.4, -0.2) is 43.0 Å². The largest absolute Gasteiger partial charge is 0.323 e. The van der Waals surface area contributed by atoms with Crippen LogP contribution in [0.2, 0.25) is 0 Å². The molecule has 0 atom stereocenters. The van der Waals surface area contributed by atoms with Crippen LogP contribution in [0, 0.1) is 0 Å². The van der Waals surface area contributed by atoms with E-state index in [1.165, 1.54) is 0 Å². The highest BCUT2D eigenvalue weighted by Crippen LogP contribution is 2.33. The topological polar surface area (TPSA) is 69.6 Å². The molecule has 6 heteroatoms. The molecule has 2 N–H and O–H groups in total. The van der Waals surface area contributed by atoms with Crippen LogP contribution in [0.1, 0.15) is 0 Å². The highest BCUT2D eigenvalue weighted by Gasteiger charge is 2.05. The maximum atomic E-state index is 11.0. The van der Waals surface area contributed by atoms with Crippen LogP contribution < -0.4 is 5.32 Å². The third-order valence-electron chi connectivity index (χ3n) is 0.888. The van der Waals surface area contributed by atoms with Gasteiger partial charge < -0.3 is 4.57 Å². The zero-order chi connectivity index (χ0) is 8.91. The molecule has 0 saturated carbocycles. The van der Waals surface area contributed by atoms with Crippen molar-refractivity contribution >= 4 is 13.6 Å². The number of amides is 1. The van der Waals surface area contributed by atoms with E-state index in [9.17, 15) is 9.36 Å². The lowest BCUT2D eigenvalue weighted by molar-refractivity contribution is -0.150. The van der Waals surface area contributed by atoms with Gasteiger partial charge in [0, 0.05) is 0 Å². The van der Waals surface area contributed by atoms with Gasteiger partial charge in [-0.25, -0.2) is 5.06 Å². The lowest BCUT2D eigenvalue weighted by Gasteiger charge is -2.11. The standard InChI is InChI=1S/C5H13N2O3P/c1-11(2,10)4-6-3-7(9)5-8/h5-6,9H,3-4H2,1-2H3. The fourth-order valence-electron chi connectivity index (χ4n) is 0.471. The highest BCUT2D eigenvalue weighted by atomic mass is 31.2. The summed E-state index contributed by atoms with van der Waals surface area (Å²) in [5.41, 5.74) is 0. The molecule has 0 aliphatic heterocycles. The van der Waals surface area contributed by atoms with Crippen LogP contribution in [0.4, 0.5) is 0 Å². The molecule has 0 aromatic heterocycles. The Bertz CT molecular complexity index is 167. The van der Waals surface area contributed by atoms with E-state index in [1.54, 1.807) is 13.3 Å². The van der Waals surface area contributed by atoms with E-state index in [4.69, 9.17) is 5.21 Å². The Kier molecular flexibility index (Phi) is 4.33. The Hall–Kier alpha value is -0.380. The molecule has 0 aromatic rings. The molecule has 0 saturated heterocycles. The second-order valence-electron chi connectivity index (χ2n) is 2.69. The van der Waals surface area contributed by atoms with Crippen molar-refractivity contribution in [2.24, 2.45) is 0 Å². The summed E-state index contributed by atoms with van der Waals surface area (Å²) in [6.07, 6.45) is 0.598. The number of nitrogens with one attached hydrogen (secondary N) is 1. The summed E-state index contributed by atoms with van der Waals surface area (Å²) in [7, 11) is -2.10. The fraction of sp³-hybridized carbons (Fsp3) is 0.800. The molecule has 1 amide bonds. The molecule has 0 aliphatic carbocycles. The molecule has 0 heterocycles. The molecular weight excluding hydrogens is 167 g/mol. The van der Waals surface area contributed by atoms with Crippen molar-refractivity contribution in [3.63, 3.8) is 0 Å². The van der Waals surface area contributed by atoms with Gasteiger partial charge in [-0.2, -0.15) is 0 Å². The average molecular weight is 180 g/mol. The van der Waals surface area contributed by atoms with Crippen LogP contribution >= 0.6 is 7.14 Å². The fourth-order valence-corrected chi connectivity index (χ4v) is 1.11. The second-order valence-corrected chi connectivity index (χ2v) is 6.15. The van der Waals surface area contributed by atoms with Gasteiger partial charge in [-0.15, -0.1) is 0 Å². The lowest BCUT2D eigenvalue weighted by atomic mass is 11.0. The Balaban J connectivity index is 3.42. The maximum Gasteiger partial charge on any atom is 0.234 e. The molecule has 0 fully saturated rings. The van der Waals surface area contributed by atoms with Crippen molar-refractivity contribution in [1.82, 2.24) is 10.4 Å². The van der Waals surface area contributed by atoms with Gasteiger partial charge >= 0.3 is 0 Å². The van der Waals surface area contributed by atoms with Crippen molar-refractivity contribution in [2.45, 2.75) is 0 Å². The Morgan fingerprint density at radius 3 is 2.55 bits per heavy atom. The number of carbonyl (C=O) groups excluding carboxylic acids is 1. The van der Waals surface area contributed by atoms with Gasteiger partial charge in [0.25, 0.3) is 0 Å². The molecule has 0 radical (unpaired) electrons. The minimum Gasteiger partial charge on any atom is -0.323 e. The van der Waals surface area contributed by atoms with Crippen molar-refractivity contribution < 1.29 is 14.6 Å².